The zero-order chi connectivity index (χ0) is 14.0. The number of anilines is 1. The second-order valence-corrected chi connectivity index (χ2v) is 7.57. The lowest BCUT2D eigenvalue weighted by molar-refractivity contribution is -0.116. The van der Waals surface area contributed by atoms with Gasteiger partial charge in [-0.25, -0.2) is 8.42 Å². The lowest BCUT2D eigenvalue weighted by atomic mass is 10.0. The number of sulfone groups is 1. The zero-order valence-corrected chi connectivity index (χ0v) is 12.1. The minimum Gasteiger partial charge on any atom is -0.326 e. The molecule has 4 nitrogen and oxygen atoms in total. The van der Waals surface area contributed by atoms with Crippen LogP contribution in [0.5, 0.6) is 0 Å². The molecule has 2 rings (SSSR count). The molecule has 1 aromatic rings. The van der Waals surface area contributed by atoms with E-state index in [9.17, 15) is 13.2 Å². The summed E-state index contributed by atoms with van der Waals surface area (Å²) in [6.45, 7) is 3.95. The predicted octanol–water partition coefficient (Wildman–Crippen LogP) is 2.07. The highest BCUT2D eigenvalue weighted by Crippen LogP contribution is 2.23. The predicted molar refractivity (Wildman–Crippen MR) is 75.9 cm³/mol. The summed E-state index contributed by atoms with van der Waals surface area (Å²) in [6, 6.07) is 5.84. The number of aryl methyl sites for hydroxylation is 2. The molecule has 1 saturated heterocycles. The van der Waals surface area contributed by atoms with Gasteiger partial charge in [-0.1, -0.05) is 17.7 Å². The monoisotopic (exact) mass is 281 g/mol. The SMILES string of the molecule is Cc1ccc(NC(=O)C[C@H]2CCS(=O)(=O)C2)c(C)c1. The first kappa shape index (κ1) is 14.1. The normalized spacial score (nSPS) is 21.3. The van der Waals surface area contributed by atoms with Crippen LogP contribution in [-0.4, -0.2) is 25.8 Å². The number of hydrogen-bond donors (Lipinski definition) is 1. The van der Waals surface area contributed by atoms with Crippen LogP contribution in [0.15, 0.2) is 18.2 Å². The van der Waals surface area contributed by atoms with E-state index in [-0.39, 0.29) is 29.8 Å². The maximum absolute atomic E-state index is 11.9. The lowest BCUT2D eigenvalue weighted by Crippen LogP contribution is -2.17. The van der Waals surface area contributed by atoms with Crippen molar-refractivity contribution in [1.29, 1.82) is 0 Å². The highest BCUT2D eigenvalue weighted by atomic mass is 32.2. The number of rotatable bonds is 3. The van der Waals surface area contributed by atoms with Crippen LogP contribution in [0.1, 0.15) is 24.0 Å². The van der Waals surface area contributed by atoms with Crippen LogP contribution >= 0.6 is 0 Å². The molecule has 0 saturated carbocycles. The largest absolute Gasteiger partial charge is 0.326 e. The molecule has 0 aliphatic carbocycles. The maximum atomic E-state index is 11.9. The molecule has 0 bridgehead atoms. The number of benzene rings is 1. The van der Waals surface area contributed by atoms with Gasteiger partial charge in [-0.15, -0.1) is 0 Å². The van der Waals surface area contributed by atoms with Crippen LogP contribution in [0.4, 0.5) is 5.69 Å². The minimum absolute atomic E-state index is 0.0317. The Kier molecular flexibility index (Phi) is 3.94. The third-order valence-electron chi connectivity index (χ3n) is 3.46. The number of carbonyl (C=O) groups is 1. The standard InChI is InChI=1S/C14H19NO3S/c1-10-3-4-13(11(2)7-10)15-14(16)8-12-5-6-19(17,18)9-12/h3-4,7,12H,5-6,8-9H2,1-2H3,(H,15,16)/t12-/m1/s1. The van der Waals surface area contributed by atoms with Crippen molar-refractivity contribution in [1.82, 2.24) is 0 Å². The molecule has 1 aliphatic heterocycles. The number of carbonyl (C=O) groups excluding carboxylic acids is 1. The molecule has 1 amide bonds. The van der Waals surface area contributed by atoms with Crippen LogP contribution in [0.2, 0.25) is 0 Å². The van der Waals surface area contributed by atoms with Crippen LogP contribution in [0.25, 0.3) is 0 Å². The summed E-state index contributed by atoms with van der Waals surface area (Å²) < 4.78 is 22.7. The van der Waals surface area contributed by atoms with Gasteiger partial charge in [0.2, 0.25) is 5.91 Å². The molecule has 1 atom stereocenters. The van der Waals surface area contributed by atoms with Crippen molar-refractivity contribution in [2.45, 2.75) is 26.7 Å². The molecular weight excluding hydrogens is 262 g/mol. The average molecular weight is 281 g/mol. The Balaban J connectivity index is 1.95. The van der Waals surface area contributed by atoms with E-state index < -0.39 is 9.84 Å². The van der Waals surface area contributed by atoms with Gasteiger partial charge < -0.3 is 5.32 Å². The Labute approximate surface area is 114 Å². The topological polar surface area (TPSA) is 63.2 Å². The second kappa shape index (κ2) is 5.33. The summed E-state index contributed by atoms with van der Waals surface area (Å²) in [6.07, 6.45) is 0.884. The minimum atomic E-state index is -2.91. The van der Waals surface area contributed by atoms with Gasteiger partial charge in [0.05, 0.1) is 11.5 Å². The van der Waals surface area contributed by atoms with Crippen molar-refractivity contribution < 1.29 is 13.2 Å². The first-order valence-electron chi connectivity index (χ1n) is 6.43. The molecule has 5 heteroatoms. The molecule has 1 aliphatic rings. The van der Waals surface area contributed by atoms with E-state index in [4.69, 9.17) is 0 Å². The first-order valence-corrected chi connectivity index (χ1v) is 8.25. The highest BCUT2D eigenvalue weighted by Gasteiger charge is 2.29. The fourth-order valence-corrected chi connectivity index (χ4v) is 4.31. The summed E-state index contributed by atoms with van der Waals surface area (Å²) in [5.41, 5.74) is 2.97. The van der Waals surface area contributed by atoms with E-state index in [1.54, 1.807) is 0 Å². The van der Waals surface area contributed by atoms with Crippen molar-refractivity contribution in [3.8, 4) is 0 Å². The zero-order valence-electron chi connectivity index (χ0n) is 11.3. The molecule has 19 heavy (non-hydrogen) atoms. The highest BCUT2D eigenvalue weighted by molar-refractivity contribution is 7.91. The van der Waals surface area contributed by atoms with E-state index in [1.807, 2.05) is 32.0 Å². The third-order valence-corrected chi connectivity index (χ3v) is 5.29. The molecule has 1 N–H and O–H groups in total. The number of amides is 1. The molecule has 0 aromatic heterocycles. The van der Waals surface area contributed by atoms with Crippen molar-refractivity contribution in [3.05, 3.63) is 29.3 Å². The first-order chi connectivity index (χ1) is 8.85. The van der Waals surface area contributed by atoms with Crippen LogP contribution in [0, 0.1) is 19.8 Å². The average Bonchev–Trinajstić information content (AvgIpc) is 2.62. The molecule has 1 fully saturated rings. The van der Waals surface area contributed by atoms with Gasteiger partial charge in [-0.3, -0.25) is 4.79 Å². The Morgan fingerprint density at radius 2 is 2.11 bits per heavy atom. The fraction of sp³-hybridized carbons (Fsp3) is 0.500. The summed E-state index contributed by atoms with van der Waals surface area (Å²) in [7, 11) is -2.91. The van der Waals surface area contributed by atoms with E-state index in [1.165, 1.54) is 0 Å². The van der Waals surface area contributed by atoms with Gasteiger partial charge in [0.25, 0.3) is 0 Å². The molecule has 1 heterocycles. The van der Waals surface area contributed by atoms with Crippen LogP contribution < -0.4 is 5.32 Å². The smallest absolute Gasteiger partial charge is 0.224 e. The molecule has 1 aromatic carbocycles. The van der Waals surface area contributed by atoms with Gasteiger partial charge >= 0.3 is 0 Å². The van der Waals surface area contributed by atoms with Crippen LogP contribution in [0.3, 0.4) is 0 Å². The van der Waals surface area contributed by atoms with Gasteiger partial charge in [0.15, 0.2) is 9.84 Å². The lowest BCUT2D eigenvalue weighted by Gasteiger charge is -2.11. The quantitative estimate of drug-likeness (QED) is 0.922. The van der Waals surface area contributed by atoms with Gasteiger partial charge in [-0.2, -0.15) is 0 Å². The van der Waals surface area contributed by atoms with Crippen molar-refractivity contribution >= 4 is 21.4 Å². The van der Waals surface area contributed by atoms with Gasteiger partial charge in [0, 0.05) is 12.1 Å². The Morgan fingerprint density at radius 1 is 1.37 bits per heavy atom. The molecule has 0 spiro atoms. The summed E-state index contributed by atoms with van der Waals surface area (Å²) in [5, 5.41) is 2.86. The number of hydrogen-bond acceptors (Lipinski definition) is 3. The summed E-state index contributed by atoms with van der Waals surface area (Å²) in [4.78, 5) is 11.9. The molecule has 104 valence electrons. The van der Waals surface area contributed by atoms with Crippen molar-refractivity contribution in [3.63, 3.8) is 0 Å². The summed E-state index contributed by atoms with van der Waals surface area (Å²) in [5.74, 6) is 0.228. The Bertz CT molecular complexity index is 593. The van der Waals surface area contributed by atoms with Gasteiger partial charge in [0.1, 0.15) is 0 Å². The van der Waals surface area contributed by atoms with Crippen molar-refractivity contribution in [2.24, 2.45) is 5.92 Å². The van der Waals surface area contributed by atoms with Gasteiger partial charge in [-0.05, 0) is 37.8 Å². The van der Waals surface area contributed by atoms with E-state index in [2.05, 4.69) is 5.32 Å². The number of nitrogens with one attached hydrogen (secondary N) is 1. The molecular formula is C14H19NO3S. The second-order valence-electron chi connectivity index (χ2n) is 5.34. The molecule has 0 radical (unpaired) electrons. The molecule has 0 unspecified atom stereocenters. The third kappa shape index (κ3) is 3.80. The van der Waals surface area contributed by atoms with Crippen molar-refractivity contribution in [2.75, 3.05) is 16.8 Å². The Hall–Kier alpha value is -1.36. The van der Waals surface area contributed by atoms with E-state index in [0.29, 0.717) is 6.42 Å². The van der Waals surface area contributed by atoms with E-state index >= 15 is 0 Å². The Morgan fingerprint density at radius 3 is 2.68 bits per heavy atom. The summed E-state index contributed by atoms with van der Waals surface area (Å²) >= 11 is 0. The maximum Gasteiger partial charge on any atom is 0.224 e. The van der Waals surface area contributed by atoms with E-state index in [0.717, 1.165) is 16.8 Å². The fourth-order valence-electron chi connectivity index (χ4n) is 2.45. The van der Waals surface area contributed by atoms with Crippen LogP contribution in [-0.2, 0) is 14.6 Å².